The first-order chi connectivity index (χ1) is 6.74. The van der Waals surface area contributed by atoms with Gasteiger partial charge in [0.05, 0.1) is 0 Å². The van der Waals surface area contributed by atoms with E-state index in [0.29, 0.717) is 6.04 Å². The predicted molar refractivity (Wildman–Crippen MR) is 58.1 cm³/mol. The summed E-state index contributed by atoms with van der Waals surface area (Å²) in [5.41, 5.74) is 0. The highest BCUT2D eigenvalue weighted by Gasteiger charge is 2.17. The van der Waals surface area contributed by atoms with E-state index in [1.165, 1.54) is 12.8 Å². The third-order valence-electron chi connectivity index (χ3n) is 2.95. The molecule has 1 amide bonds. The average molecular weight is 198 g/mol. The molecule has 0 saturated carbocycles. The summed E-state index contributed by atoms with van der Waals surface area (Å²) in [6, 6.07) is 0.346. The van der Waals surface area contributed by atoms with Gasteiger partial charge in [0.1, 0.15) is 0 Å². The lowest BCUT2D eigenvalue weighted by Crippen LogP contribution is -2.42. The van der Waals surface area contributed by atoms with Crippen LogP contribution in [0.25, 0.3) is 0 Å². The number of nitrogens with one attached hydrogen (secondary N) is 2. The highest BCUT2D eigenvalue weighted by Crippen LogP contribution is 2.06. The molecule has 1 aliphatic heterocycles. The molecule has 2 atom stereocenters. The summed E-state index contributed by atoms with van der Waals surface area (Å²) in [7, 11) is 0. The first kappa shape index (κ1) is 11.5. The van der Waals surface area contributed by atoms with Gasteiger partial charge in [-0.15, -0.1) is 0 Å². The summed E-state index contributed by atoms with van der Waals surface area (Å²) in [6.07, 6.45) is 4.50. The van der Waals surface area contributed by atoms with Crippen molar-refractivity contribution in [2.75, 3.05) is 13.1 Å². The van der Waals surface area contributed by atoms with Gasteiger partial charge in [0, 0.05) is 18.5 Å². The molecular weight excluding hydrogens is 176 g/mol. The molecule has 2 N–H and O–H groups in total. The summed E-state index contributed by atoms with van der Waals surface area (Å²) in [5, 5.41) is 6.45. The minimum Gasteiger partial charge on any atom is -0.352 e. The number of carbonyl (C=O) groups is 1. The van der Waals surface area contributed by atoms with E-state index in [0.717, 1.165) is 25.9 Å². The van der Waals surface area contributed by atoms with E-state index in [1.807, 2.05) is 6.92 Å². The van der Waals surface area contributed by atoms with E-state index in [1.54, 1.807) is 0 Å². The molecule has 3 nitrogen and oxygen atoms in total. The van der Waals surface area contributed by atoms with Crippen LogP contribution in [0.2, 0.25) is 0 Å². The molecule has 1 aliphatic rings. The Bertz CT molecular complexity index is 174. The second-order valence-electron chi connectivity index (χ2n) is 4.21. The van der Waals surface area contributed by atoms with E-state index >= 15 is 0 Å². The van der Waals surface area contributed by atoms with Gasteiger partial charge in [-0.2, -0.15) is 0 Å². The molecular formula is C11H22N2O. The fourth-order valence-electron chi connectivity index (χ4n) is 1.67. The highest BCUT2D eigenvalue weighted by atomic mass is 16.1. The quantitative estimate of drug-likeness (QED) is 0.717. The summed E-state index contributed by atoms with van der Waals surface area (Å²) in [5.74, 6) is 0.361. The summed E-state index contributed by atoms with van der Waals surface area (Å²) < 4.78 is 0. The Labute approximate surface area is 86.6 Å². The molecule has 3 heteroatoms. The zero-order valence-corrected chi connectivity index (χ0v) is 9.31. The Kier molecular flexibility index (Phi) is 4.94. The first-order valence-corrected chi connectivity index (χ1v) is 5.75. The molecule has 14 heavy (non-hydrogen) atoms. The maximum Gasteiger partial charge on any atom is 0.223 e. The molecule has 0 aliphatic carbocycles. The normalized spacial score (nSPS) is 25.1. The van der Waals surface area contributed by atoms with E-state index in [-0.39, 0.29) is 11.8 Å². The van der Waals surface area contributed by atoms with Crippen molar-refractivity contribution in [2.24, 2.45) is 5.92 Å². The van der Waals surface area contributed by atoms with E-state index in [2.05, 4.69) is 17.6 Å². The van der Waals surface area contributed by atoms with Crippen LogP contribution in [0, 0.1) is 5.92 Å². The van der Waals surface area contributed by atoms with Gasteiger partial charge in [-0.05, 0) is 25.8 Å². The van der Waals surface area contributed by atoms with Gasteiger partial charge in [-0.1, -0.05) is 20.3 Å². The topological polar surface area (TPSA) is 41.1 Å². The van der Waals surface area contributed by atoms with Crippen LogP contribution < -0.4 is 10.6 Å². The van der Waals surface area contributed by atoms with E-state index < -0.39 is 0 Å². The lowest BCUT2D eigenvalue weighted by atomic mass is 10.1. The van der Waals surface area contributed by atoms with Crippen molar-refractivity contribution in [1.29, 1.82) is 0 Å². The Balaban J connectivity index is 2.30. The number of amides is 1. The number of carbonyl (C=O) groups excluding carboxylic acids is 1. The first-order valence-electron chi connectivity index (χ1n) is 5.75. The van der Waals surface area contributed by atoms with Crippen molar-refractivity contribution >= 4 is 5.91 Å². The molecule has 1 fully saturated rings. The van der Waals surface area contributed by atoms with Crippen LogP contribution in [-0.2, 0) is 4.79 Å². The van der Waals surface area contributed by atoms with Crippen molar-refractivity contribution < 1.29 is 4.79 Å². The molecule has 1 heterocycles. The van der Waals surface area contributed by atoms with Crippen molar-refractivity contribution in [3.8, 4) is 0 Å². The minimum atomic E-state index is 0.151. The van der Waals surface area contributed by atoms with Crippen LogP contribution >= 0.6 is 0 Å². The molecule has 2 unspecified atom stereocenters. The van der Waals surface area contributed by atoms with Gasteiger partial charge >= 0.3 is 0 Å². The number of hydrogen-bond donors (Lipinski definition) is 2. The van der Waals surface area contributed by atoms with Crippen molar-refractivity contribution in [2.45, 2.75) is 45.6 Å². The highest BCUT2D eigenvalue weighted by molar-refractivity contribution is 5.78. The maximum absolute atomic E-state index is 11.6. The minimum absolute atomic E-state index is 0.151. The molecule has 1 rings (SSSR count). The van der Waals surface area contributed by atoms with Crippen LogP contribution in [-0.4, -0.2) is 25.0 Å². The Hall–Kier alpha value is -0.570. The molecule has 0 radical (unpaired) electrons. The van der Waals surface area contributed by atoms with Gasteiger partial charge in [-0.25, -0.2) is 0 Å². The zero-order chi connectivity index (χ0) is 10.4. The van der Waals surface area contributed by atoms with Gasteiger partial charge in [0.2, 0.25) is 5.91 Å². The summed E-state index contributed by atoms with van der Waals surface area (Å²) in [4.78, 5) is 11.6. The Morgan fingerprint density at radius 1 is 1.57 bits per heavy atom. The molecule has 0 bridgehead atoms. The third kappa shape index (κ3) is 3.66. The molecule has 82 valence electrons. The standard InChI is InChI=1S/C11H22N2O/c1-3-9(2)11(14)13-10-6-4-5-7-12-8-10/h9-10,12H,3-8H2,1-2H3,(H,13,14). The van der Waals surface area contributed by atoms with Crippen LogP contribution in [0.5, 0.6) is 0 Å². The molecule has 1 saturated heterocycles. The third-order valence-corrected chi connectivity index (χ3v) is 2.95. The van der Waals surface area contributed by atoms with Gasteiger partial charge in [0.15, 0.2) is 0 Å². The monoisotopic (exact) mass is 198 g/mol. The molecule has 0 aromatic rings. The van der Waals surface area contributed by atoms with Crippen LogP contribution in [0.15, 0.2) is 0 Å². The lowest BCUT2D eigenvalue weighted by molar-refractivity contribution is -0.125. The summed E-state index contributed by atoms with van der Waals surface area (Å²) >= 11 is 0. The average Bonchev–Trinajstić information content (AvgIpc) is 2.45. The zero-order valence-electron chi connectivity index (χ0n) is 9.31. The van der Waals surface area contributed by atoms with Crippen molar-refractivity contribution in [3.05, 3.63) is 0 Å². The van der Waals surface area contributed by atoms with Crippen LogP contribution in [0.4, 0.5) is 0 Å². The second kappa shape index (κ2) is 6.02. The van der Waals surface area contributed by atoms with E-state index in [4.69, 9.17) is 0 Å². The lowest BCUT2D eigenvalue weighted by Gasteiger charge is -2.18. The fourth-order valence-corrected chi connectivity index (χ4v) is 1.67. The Morgan fingerprint density at radius 2 is 2.36 bits per heavy atom. The number of rotatable bonds is 3. The molecule has 0 aromatic heterocycles. The van der Waals surface area contributed by atoms with Crippen molar-refractivity contribution in [3.63, 3.8) is 0 Å². The van der Waals surface area contributed by atoms with Gasteiger partial charge in [0.25, 0.3) is 0 Å². The van der Waals surface area contributed by atoms with Crippen molar-refractivity contribution in [1.82, 2.24) is 10.6 Å². The predicted octanol–water partition coefficient (Wildman–Crippen LogP) is 1.29. The van der Waals surface area contributed by atoms with Crippen LogP contribution in [0.3, 0.4) is 0 Å². The largest absolute Gasteiger partial charge is 0.352 e. The molecule has 0 spiro atoms. The van der Waals surface area contributed by atoms with Gasteiger partial charge in [-0.3, -0.25) is 4.79 Å². The molecule has 0 aromatic carbocycles. The SMILES string of the molecule is CCC(C)C(=O)NC1CCCCNC1. The smallest absolute Gasteiger partial charge is 0.223 e. The summed E-state index contributed by atoms with van der Waals surface area (Å²) in [6.45, 7) is 6.06. The Morgan fingerprint density at radius 3 is 3.07 bits per heavy atom. The number of hydrogen-bond acceptors (Lipinski definition) is 2. The van der Waals surface area contributed by atoms with Gasteiger partial charge < -0.3 is 10.6 Å². The van der Waals surface area contributed by atoms with E-state index in [9.17, 15) is 4.79 Å². The van der Waals surface area contributed by atoms with Crippen LogP contribution in [0.1, 0.15) is 39.5 Å². The second-order valence-corrected chi connectivity index (χ2v) is 4.21. The maximum atomic E-state index is 11.6. The fraction of sp³-hybridized carbons (Fsp3) is 0.909.